The van der Waals surface area contributed by atoms with Gasteiger partial charge in [-0.25, -0.2) is 0 Å². The fourth-order valence-electron chi connectivity index (χ4n) is 4.59. The van der Waals surface area contributed by atoms with E-state index in [1.54, 1.807) is 0 Å². The highest BCUT2D eigenvalue weighted by molar-refractivity contribution is 5.78. The lowest BCUT2D eigenvalue weighted by Gasteiger charge is -2.43. The van der Waals surface area contributed by atoms with Crippen LogP contribution in [0.15, 0.2) is 30.3 Å². The summed E-state index contributed by atoms with van der Waals surface area (Å²) in [7, 11) is 0. The van der Waals surface area contributed by atoms with Gasteiger partial charge in [-0.05, 0) is 56.3 Å². The largest absolute Gasteiger partial charge is 0.352 e. The van der Waals surface area contributed by atoms with Crippen LogP contribution in [0.2, 0.25) is 0 Å². The standard InChI is InChI=1S/C23H37N3O/c1-23(2,3)18-25-14-11-21(12-15-25)26-13-7-10-20(17-26)22(27)24-16-19-8-5-4-6-9-19/h4-6,8-9,20-21H,7,10-18H2,1-3H3,(H,24,27). The number of likely N-dealkylation sites (tertiary alicyclic amines) is 2. The van der Waals surface area contributed by atoms with E-state index in [0.29, 0.717) is 18.0 Å². The molecule has 27 heavy (non-hydrogen) atoms. The molecule has 3 rings (SSSR count). The fourth-order valence-corrected chi connectivity index (χ4v) is 4.59. The predicted molar refractivity (Wildman–Crippen MR) is 112 cm³/mol. The van der Waals surface area contributed by atoms with E-state index in [4.69, 9.17) is 0 Å². The molecule has 2 aliphatic heterocycles. The van der Waals surface area contributed by atoms with E-state index in [9.17, 15) is 4.79 Å². The summed E-state index contributed by atoms with van der Waals surface area (Å²) in [5, 5.41) is 3.15. The van der Waals surface area contributed by atoms with E-state index >= 15 is 0 Å². The van der Waals surface area contributed by atoms with Gasteiger partial charge in [0.25, 0.3) is 0 Å². The highest BCUT2D eigenvalue weighted by Crippen LogP contribution is 2.25. The van der Waals surface area contributed by atoms with Crippen molar-refractivity contribution in [2.45, 2.75) is 59.0 Å². The number of nitrogens with zero attached hydrogens (tertiary/aromatic N) is 2. The Labute approximate surface area is 165 Å². The first-order chi connectivity index (χ1) is 12.9. The molecule has 0 bridgehead atoms. The van der Waals surface area contributed by atoms with Crippen LogP contribution in [-0.4, -0.2) is 54.5 Å². The zero-order valence-electron chi connectivity index (χ0n) is 17.4. The molecule has 2 fully saturated rings. The second-order valence-electron chi connectivity index (χ2n) is 9.61. The van der Waals surface area contributed by atoms with E-state index in [0.717, 1.165) is 25.9 Å². The lowest BCUT2D eigenvalue weighted by molar-refractivity contribution is -0.127. The molecule has 0 spiro atoms. The van der Waals surface area contributed by atoms with Crippen molar-refractivity contribution in [2.75, 3.05) is 32.7 Å². The number of carbonyl (C=O) groups excluding carboxylic acids is 1. The van der Waals surface area contributed by atoms with E-state index < -0.39 is 0 Å². The molecule has 0 aliphatic carbocycles. The van der Waals surface area contributed by atoms with Crippen molar-refractivity contribution in [2.24, 2.45) is 11.3 Å². The molecule has 0 aromatic heterocycles. The average Bonchev–Trinajstić information content (AvgIpc) is 2.66. The smallest absolute Gasteiger partial charge is 0.224 e. The summed E-state index contributed by atoms with van der Waals surface area (Å²) in [6.07, 6.45) is 4.66. The molecule has 0 saturated carbocycles. The lowest BCUT2D eigenvalue weighted by atomic mass is 9.91. The van der Waals surface area contributed by atoms with Crippen LogP contribution in [0.1, 0.15) is 52.0 Å². The molecule has 0 radical (unpaired) electrons. The number of benzene rings is 1. The Kier molecular flexibility index (Phi) is 6.93. The highest BCUT2D eigenvalue weighted by atomic mass is 16.1. The Bertz CT molecular complexity index is 587. The number of carbonyl (C=O) groups is 1. The first-order valence-corrected chi connectivity index (χ1v) is 10.7. The van der Waals surface area contributed by atoms with Crippen LogP contribution in [0.5, 0.6) is 0 Å². The van der Waals surface area contributed by atoms with Crippen LogP contribution in [0, 0.1) is 11.3 Å². The molecule has 2 aliphatic rings. The number of hydrogen-bond donors (Lipinski definition) is 1. The second kappa shape index (κ2) is 9.20. The quantitative estimate of drug-likeness (QED) is 0.860. The number of nitrogens with one attached hydrogen (secondary N) is 1. The first kappa shape index (κ1) is 20.3. The summed E-state index contributed by atoms with van der Waals surface area (Å²) in [5.41, 5.74) is 1.55. The summed E-state index contributed by atoms with van der Waals surface area (Å²) in [6, 6.07) is 10.9. The van der Waals surface area contributed by atoms with Crippen molar-refractivity contribution in [3.63, 3.8) is 0 Å². The minimum atomic E-state index is 0.148. The maximum Gasteiger partial charge on any atom is 0.224 e. The van der Waals surface area contributed by atoms with Crippen LogP contribution < -0.4 is 5.32 Å². The lowest BCUT2D eigenvalue weighted by Crippen LogP contribution is -2.51. The van der Waals surface area contributed by atoms with Gasteiger partial charge >= 0.3 is 0 Å². The minimum Gasteiger partial charge on any atom is -0.352 e. The molecule has 1 aromatic rings. The molecular weight excluding hydrogens is 334 g/mol. The molecule has 4 heteroatoms. The molecule has 1 atom stereocenters. The molecule has 4 nitrogen and oxygen atoms in total. The van der Waals surface area contributed by atoms with E-state index in [2.05, 4.69) is 48.0 Å². The minimum absolute atomic E-state index is 0.148. The highest BCUT2D eigenvalue weighted by Gasteiger charge is 2.32. The molecule has 1 aromatic carbocycles. The van der Waals surface area contributed by atoms with Gasteiger partial charge in [0.15, 0.2) is 0 Å². The molecule has 1 unspecified atom stereocenters. The van der Waals surface area contributed by atoms with E-state index in [1.807, 2.05) is 18.2 Å². The van der Waals surface area contributed by atoms with Crippen LogP contribution >= 0.6 is 0 Å². The monoisotopic (exact) mass is 371 g/mol. The van der Waals surface area contributed by atoms with Gasteiger partial charge in [0.2, 0.25) is 5.91 Å². The maximum atomic E-state index is 12.7. The van der Waals surface area contributed by atoms with Gasteiger partial charge in [0, 0.05) is 25.7 Å². The summed E-state index contributed by atoms with van der Waals surface area (Å²) < 4.78 is 0. The summed E-state index contributed by atoms with van der Waals surface area (Å²) in [5.74, 6) is 0.379. The van der Waals surface area contributed by atoms with Crippen LogP contribution in [0.4, 0.5) is 0 Å². The molecule has 2 saturated heterocycles. The predicted octanol–water partition coefficient (Wildman–Crippen LogP) is 3.53. The van der Waals surface area contributed by atoms with Crippen LogP contribution in [0.3, 0.4) is 0 Å². The third-order valence-electron chi connectivity index (χ3n) is 5.90. The molecule has 2 heterocycles. The average molecular weight is 372 g/mol. The molecule has 1 N–H and O–H groups in total. The van der Waals surface area contributed by atoms with Crippen LogP contribution in [-0.2, 0) is 11.3 Å². The van der Waals surface area contributed by atoms with Gasteiger partial charge in [-0.15, -0.1) is 0 Å². The SMILES string of the molecule is CC(C)(C)CN1CCC(N2CCCC(C(=O)NCc3ccccc3)C2)CC1. The van der Waals surface area contributed by atoms with Crippen molar-refractivity contribution < 1.29 is 4.79 Å². The number of piperidine rings is 2. The third kappa shape index (κ3) is 6.32. The van der Waals surface area contributed by atoms with Crippen molar-refractivity contribution in [3.8, 4) is 0 Å². The van der Waals surface area contributed by atoms with E-state index in [-0.39, 0.29) is 11.8 Å². The van der Waals surface area contributed by atoms with Crippen molar-refractivity contribution in [1.82, 2.24) is 15.1 Å². The third-order valence-corrected chi connectivity index (χ3v) is 5.90. The Morgan fingerprint density at radius 1 is 1.07 bits per heavy atom. The Morgan fingerprint density at radius 3 is 2.44 bits per heavy atom. The van der Waals surface area contributed by atoms with Crippen molar-refractivity contribution >= 4 is 5.91 Å². The second-order valence-corrected chi connectivity index (χ2v) is 9.61. The maximum absolute atomic E-state index is 12.7. The van der Waals surface area contributed by atoms with Crippen LogP contribution in [0.25, 0.3) is 0 Å². The fraction of sp³-hybridized carbons (Fsp3) is 0.696. The van der Waals surface area contributed by atoms with Gasteiger partial charge in [-0.2, -0.15) is 0 Å². The summed E-state index contributed by atoms with van der Waals surface area (Å²) in [6.45, 7) is 13.3. The Morgan fingerprint density at radius 2 is 1.78 bits per heavy atom. The summed E-state index contributed by atoms with van der Waals surface area (Å²) in [4.78, 5) is 17.9. The van der Waals surface area contributed by atoms with Gasteiger partial charge in [0.1, 0.15) is 0 Å². The van der Waals surface area contributed by atoms with Crippen molar-refractivity contribution in [1.29, 1.82) is 0 Å². The zero-order valence-corrected chi connectivity index (χ0v) is 17.4. The Hall–Kier alpha value is -1.39. The van der Waals surface area contributed by atoms with Gasteiger partial charge in [-0.3, -0.25) is 9.69 Å². The molecule has 1 amide bonds. The summed E-state index contributed by atoms with van der Waals surface area (Å²) >= 11 is 0. The zero-order chi connectivity index (χ0) is 19.3. The topological polar surface area (TPSA) is 35.6 Å². The van der Waals surface area contributed by atoms with Gasteiger partial charge in [-0.1, -0.05) is 51.1 Å². The van der Waals surface area contributed by atoms with Gasteiger partial charge in [0.05, 0.1) is 5.92 Å². The molecule has 150 valence electrons. The van der Waals surface area contributed by atoms with Gasteiger partial charge < -0.3 is 10.2 Å². The number of rotatable bonds is 5. The number of hydrogen-bond acceptors (Lipinski definition) is 3. The van der Waals surface area contributed by atoms with E-state index in [1.165, 1.54) is 38.0 Å². The first-order valence-electron chi connectivity index (χ1n) is 10.7. The normalized spacial score (nSPS) is 23.3. The molecular formula is C23H37N3O. The number of amides is 1. The van der Waals surface area contributed by atoms with Crippen molar-refractivity contribution in [3.05, 3.63) is 35.9 Å². The Balaban J connectivity index is 1.44.